The van der Waals surface area contributed by atoms with E-state index in [0.29, 0.717) is 0 Å². The van der Waals surface area contributed by atoms with Gasteiger partial charge in [0.25, 0.3) is 0 Å². The van der Waals surface area contributed by atoms with Crippen molar-refractivity contribution >= 4 is 89.5 Å². The van der Waals surface area contributed by atoms with Gasteiger partial charge in [0.1, 0.15) is 0 Å². The Morgan fingerprint density at radius 3 is 1.00 bits per heavy atom. The third-order valence-corrected chi connectivity index (χ3v) is 0. The number of hydrogen-bond donors (Lipinski definition) is 5. The first-order valence-electron chi connectivity index (χ1n) is 1.43. The fourth-order valence-corrected chi connectivity index (χ4v) is 0. The van der Waals surface area contributed by atoms with E-state index >= 15 is 0 Å². The number of carboxylic acid groups (broad SMARTS) is 2. The Hall–Kier alpha value is 1.90. The summed E-state index contributed by atoms with van der Waals surface area (Å²) in [7, 11) is -4.64. The van der Waals surface area contributed by atoms with E-state index in [4.69, 9.17) is 34.3 Å². The Morgan fingerprint density at radius 2 is 1.00 bits per heavy atom. The van der Waals surface area contributed by atoms with Crippen molar-refractivity contribution < 1.29 is 34.3 Å². The molecule has 10 heteroatoms. The van der Waals surface area contributed by atoms with E-state index in [1.807, 2.05) is 0 Å². The zero-order chi connectivity index (χ0) is 8.08. The maximum absolute atomic E-state index is 8.88. The predicted octanol–water partition coefficient (Wildman–Crippen LogP) is -2.54. The quantitative estimate of drug-likeness (QED) is 0.234. The summed E-state index contributed by atoms with van der Waals surface area (Å²) < 4.78 is 8.88. The van der Waals surface area contributed by atoms with Crippen molar-refractivity contribution in [3.63, 3.8) is 0 Å². The Labute approximate surface area is 122 Å². The van der Waals surface area contributed by atoms with Crippen molar-refractivity contribution in [3.05, 3.63) is 0 Å². The van der Waals surface area contributed by atoms with Crippen LogP contribution in [0.2, 0.25) is 0 Å². The van der Waals surface area contributed by atoms with Crippen molar-refractivity contribution in [2.24, 2.45) is 0 Å². The van der Waals surface area contributed by atoms with Crippen LogP contribution >= 0.6 is 7.82 Å². The van der Waals surface area contributed by atoms with E-state index in [1.165, 1.54) is 0 Å². The third-order valence-electron chi connectivity index (χ3n) is 0. The van der Waals surface area contributed by atoms with Gasteiger partial charge in [0, 0.05) is 0 Å². The molecule has 0 aromatic carbocycles. The molecule has 0 amide bonds. The van der Waals surface area contributed by atoms with Crippen LogP contribution in [0.1, 0.15) is 0 Å². The first kappa shape index (κ1) is 23.1. The molecule has 0 aromatic rings. The number of rotatable bonds is 0. The second kappa shape index (κ2) is 11.9. The average molecular weight is 244 g/mol. The minimum absolute atomic E-state index is 0. The van der Waals surface area contributed by atoms with Gasteiger partial charge in [-0.25, -0.2) is 9.36 Å². The molecule has 0 radical (unpaired) electrons. The Kier molecular flexibility index (Phi) is 24.9. The molecule has 0 heterocycles. The monoisotopic (exact) mass is 244 g/mol. The van der Waals surface area contributed by atoms with E-state index in [2.05, 4.69) is 0 Å². The van der Waals surface area contributed by atoms with Gasteiger partial charge in [-0.1, -0.05) is 0 Å². The molecule has 7 nitrogen and oxygen atoms in total. The topological polar surface area (TPSA) is 135 Å². The van der Waals surface area contributed by atoms with Crippen LogP contribution in [0.3, 0.4) is 0 Å². The van der Waals surface area contributed by atoms with Gasteiger partial charge < -0.3 is 24.9 Å². The van der Waals surface area contributed by atoms with Crippen LogP contribution < -0.4 is 0 Å². The van der Waals surface area contributed by atoms with Crippen LogP contribution in [0.4, 0.5) is 4.79 Å². The van der Waals surface area contributed by atoms with Crippen LogP contribution in [-0.2, 0) is 4.57 Å². The molecule has 11 heavy (non-hydrogen) atoms. The van der Waals surface area contributed by atoms with Crippen molar-refractivity contribution in [1.29, 1.82) is 0 Å². The number of phosphoric acid groups is 1. The van der Waals surface area contributed by atoms with Gasteiger partial charge >= 0.3 is 89.5 Å². The van der Waals surface area contributed by atoms with Gasteiger partial charge in [-0.15, -0.1) is 0 Å². The van der Waals surface area contributed by atoms with Crippen molar-refractivity contribution in [1.82, 2.24) is 0 Å². The molecule has 0 aromatic heterocycles. The van der Waals surface area contributed by atoms with Gasteiger partial charge in [0.2, 0.25) is 0 Å². The Morgan fingerprint density at radius 1 is 1.00 bits per heavy atom. The van der Waals surface area contributed by atoms with E-state index in [0.717, 1.165) is 0 Å². The van der Waals surface area contributed by atoms with Gasteiger partial charge in [0.15, 0.2) is 0 Å². The van der Waals surface area contributed by atoms with Gasteiger partial charge in [0.05, 0.1) is 0 Å². The van der Waals surface area contributed by atoms with Crippen LogP contribution in [0, 0.1) is 0 Å². The molecule has 0 aliphatic carbocycles. The summed E-state index contributed by atoms with van der Waals surface area (Å²) >= 11 is 0. The van der Waals surface area contributed by atoms with Crippen LogP contribution in [0.5, 0.6) is 0 Å². The van der Waals surface area contributed by atoms with Crippen LogP contribution in [0.25, 0.3) is 0 Å². The van der Waals surface area contributed by atoms with Crippen molar-refractivity contribution in [3.8, 4) is 0 Å². The molecule has 0 atom stereocenters. The van der Waals surface area contributed by atoms with Gasteiger partial charge in [-0.3, -0.25) is 0 Å². The molecule has 0 rings (SSSR count). The first-order chi connectivity index (χ1) is 3.73. The Bertz CT molecular complexity index is 116. The standard InChI is InChI=1S/CH2O3.2Ca.H3O4P.4H/c2-1(3)4;;;1-5(2,3)4;;;;/h(H2,2,3,4);;;(H3,1,2,3,4);;;;. The number of hydrogen-bond acceptors (Lipinski definition) is 2. The maximum atomic E-state index is 8.88. The zero-order valence-corrected chi connectivity index (χ0v) is 4.89. The van der Waals surface area contributed by atoms with E-state index in [9.17, 15) is 0 Å². The van der Waals surface area contributed by atoms with E-state index in [-0.39, 0.29) is 75.5 Å². The predicted molar refractivity (Wildman–Crippen MR) is 42.0 cm³/mol. The average Bonchev–Trinajstić information content (AvgIpc) is 1.19. The van der Waals surface area contributed by atoms with Gasteiger partial charge in [-0.05, 0) is 0 Å². The molecule has 0 fully saturated rings. The van der Waals surface area contributed by atoms with Crippen molar-refractivity contribution in [2.45, 2.75) is 0 Å². The summed E-state index contributed by atoms with van der Waals surface area (Å²) in [5.41, 5.74) is 0. The summed E-state index contributed by atoms with van der Waals surface area (Å²) in [4.78, 5) is 30.1. The summed E-state index contributed by atoms with van der Waals surface area (Å²) in [6, 6.07) is 0. The van der Waals surface area contributed by atoms with E-state index in [1.54, 1.807) is 0 Å². The summed E-state index contributed by atoms with van der Waals surface area (Å²) in [6.45, 7) is 0. The molecule has 5 N–H and O–H groups in total. The van der Waals surface area contributed by atoms with Crippen LogP contribution in [0.15, 0.2) is 0 Å². The van der Waals surface area contributed by atoms with Crippen LogP contribution in [-0.4, -0.2) is 107 Å². The third kappa shape index (κ3) is 323. The molecular weight excluding hydrogens is 235 g/mol. The SMILES string of the molecule is O=C(O)O.O=P(O)(O)O.[CaH2].[CaH2]. The normalized spacial score (nSPS) is 7.55. The molecule has 0 aliphatic rings. The Balaban J connectivity index is -0.0000000383. The molecule has 0 bridgehead atoms. The second-order valence-corrected chi connectivity index (χ2v) is 1.82. The summed E-state index contributed by atoms with van der Waals surface area (Å²) in [5.74, 6) is 0. The molecule has 0 saturated carbocycles. The fraction of sp³-hybridized carbons (Fsp3) is 0. The molecular formula is CH9Ca2O7P. The first-order valence-corrected chi connectivity index (χ1v) is 3.00. The summed E-state index contributed by atoms with van der Waals surface area (Å²) in [5, 5.41) is 13.9. The molecule has 64 valence electrons. The number of carbonyl (C=O) groups is 1. The second-order valence-electron chi connectivity index (χ2n) is 0.796. The van der Waals surface area contributed by atoms with Gasteiger partial charge in [-0.2, -0.15) is 0 Å². The van der Waals surface area contributed by atoms with E-state index < -0.39 is 14.0 Å². The molecule has 0 unspecified atom stereocenters. The molecule has 0 aliphatic heterocycles. The molecule has 0 spiro atoms. The van der Waals surface area contributed by atoms with Crippen molar-refractivity contribution in [2.75, 3.05) is 0 Å². The molecule has 0 saturated heterocycles. The fourth-order valence-electron chi connectivity index (χ4n) is 0. The summed E-state index contributed by atoms with van der Waals surface area (Å²) in [6.07, 6.45) is -1.83. The minimum atomic E-state index is -4.64. The zero-order valence-electron chi connectivity index (χ0n) is 4.00.